The van der Waals surface area contributed by atoms with Crippen LogP contribution in [0.4, 0.5) is 5.95 Å². The van der Waals surface area contributed by atoms with E-state index in [9.17, 15) is 4.79 Å². The Labute approximate surface area is 89.7 Å². The topological polar surface area (TPSA) is 72.7 Å². The molecule has 78 valence electrons. The number of nitrogens with one attached hydrogen (secondary N) is 1. The summed E-state index contributed by atoms with van der Waals surface area (Å²) >= 11 is 1.49. The second-order valence-electron chi connectivity index (χ2n) is 2.81. The molecule has 0 bridgehead atoms. The fourth-order valence-corrected chi connectivity index (χ4v) is 1.67. The van der Waals surface area contributed by atoms with Gasteiger partial charge in [0.05, 0.1) is 12.1 Å². The van der Waals surface area contributed by atoms with E-state index in [0.29, 0.717) is 12.5 Å². The zero-order valence-corrected chi connectivity index (χ0v) is 8.86. The minimum Gasteiger partial charge on any atom is -0.357 e. The van der Waals surface area contributed by atoms with E-state index in [1.807, 2.05) is 0 Å². The van der Waals surface area contributed by atoms with E-state index in [2.05, 4.69) is 20.3 Å². The summed E-state index contributed by atoms with van der Waals surface area (Å²) in [7, 11) is 1.67. The summed E-state index contributed by atoms with van der Waals surface area (Å²) in [5, 5.41) is 2.71. The maximum atomic E-state index is 11.5. The summed E-state index contributed by atoms with van der Waals surface area (Å²) in [5.74, 6) is 0.334. The molecule has 0 unspecified atom stereocenters. The van der Waals surface area contributed by atoms with Gasteiger partial charge in [0, 0.05) is 18.1 Å². The van der Waals surface area contributed by atoms with Gasteiger partial charge in [-0.2, -0.15) is 4.98 Å². The Morgan fingerprint density at radius 1 is 1.60 bits per heavy atom. The van der Waals surface area contributed by atoms with Crippen LogP contribution in [0.5, 0.6) is 0 Å². The molecular weight excluding hydrogens is 214 g/mol. The first-order valence-corrected chi connectivity index (χ1v) is 5.16. The molecule has 0 saturated heterocycles. The lowest BCUT2D eigenvalue weighted by Gasteiger charge is -2.02. The molecule has 0 fully saturated rings. The number of anilines is 1. The van der Waals surface area contributed by atoms with Crippen LogP contribution in [0.15, 0.2) is 22.8 Å². The van der Waals surface area contributed by atoms with Crippen molar-refractivity contribution < 1.29 is 0 Å². The van der Waals surface area contributed by atoms with Gasteiger partial charge in [-0.05, 0) is 0 Å². The monoisotopic (exact) mass is 223 g/mol. The Morgan fingerprint density at radius 2 is 2.47 bits per heavy atom. The first-order chi connectivity index (χ1) is 7.29. The molecule has 0 saturated carbocycles. The van der Waals surface area contributed by atoms with E-state index < -0.39 is 0 Å². The highest BCUT2D eigenvalue weighted by Gasteiger charge is 2.02. The molecule has 0 aliphatic carbocycles. The van der Waals surface area contributed by atoms with Gasteiger partial charge in [0.1, 0.15) is 6.33 Å². The molecule has 1 N–H and O–H groups in total. The molecule has 0 amide bonds. The van der Waals surface area contributed by atoms with Gasteiger partial charge in [0.25, 0.3) is 0 Å². The van der Waals surface area contributed by atoms with Crippen molar-refractivity contribution in [2.24, 2.45) is 0 Å². The van der Waals surface area contributed by atoms with Crippen molar-refractivity contribution in [3.63, 3.8) is 0 Å². The van der Waals surface area contributed by atoms with E-state index in [-0.39, 0.29) is 5.69 Å². The first kappa shape index (κ1) is 9.78. The van der Waals surface area contributed by atoms with E-state index in [0.717, 1.165) is 4.88 Å². The van der Waals surface area contributed by atoms with Crippen LogP contribution in [-0.4, -0.2) is 26.6 Å². The molecule has 0 aliphatic rings. The van der Waals surface area contributed by atoms with Gasteiger partial charge in [-0.3, -0.25) is 9.55 Å². The van der Waals surface area contributed by atoms with Gasteiger partial charge in [-0.1, -0.05) is 0 Å². The lowest BCUT2D eigenvalue weighted by Crippen LogP contribution is -2.24. The summed E-state index contributed by atoms with van der Waals surface area (Å²) < 4.78 is 1.44. The van der Waals surface area contributed by atoms with Gasteiger partial charge in [-0.25, -0.2) is 9.78 Å². The Kier molecular flexibility index (Phi) is 2.72. The van der Waals surface area contributed by atoms with Crippen molar-refractivity contribution in [1.82, 2.24) is 19.5 Å². The molecule has 2 aromatic heterocycles. The minimum absolute atomic E-state index is 0.317. The SMILES string of the molecule is CNc1ncn(Cc2cncs2)c(=O)n1. The van der Waals surface area contributed by atoms with E-state index in [1.54, 1.807) is 18.8 Å². The van der Waals surface area contributed by atoms with Crippen molar-refractivity contribution in [3.05, 3.63) is 33.4 Å². The number of nitrogens with zero attached hydrogens (tertiary/aromatic N) is 4. The first-order valence-electron chi connectivity index (χ1n) is 4.28. The zero-order chi connectivity index (χ0) is 10.7. The van der Waals surface area contributed by atoms with Crippen LogP contribution in [0.25, 0.3) is 0 Å². The summed E-state index contributed by atoms with van der Waals surface area (Å²) in [5.41, 5.74) is 1.41. The predicted octanol–water partition coefficient (Wildman–Crippen LogP) is 0.185. The third-order valence-electron chi connectivity index (χ3n) is 1.80. The highest BCUT2D eigenvalue weighted by molar-refractivity contribution is 7.09. The number of rotatable bonds is 3. The zero-order valence-electron chi connectivity index (χ0n) is 8.04. The number of hydrogen-bond donors (Lipinski definition) is 1. The van der Waals surface area contributed by atoms with E-state index >= 15 is 0 Å². The van der Waals surface area contributed by atoms with Crippen LogP contribution in [0.1, 0.15) is 4.88 Å². The fraction of sp³-hybridized carbons (Fsp3) is 0.250. The molecule has 0 spiro atoms. The summed E-state index contributed by atoms with van der Waals surface area (Å²) in [4.78, 5) is 24.1. The molecule has 0 aromatic carbocycles. The van der Waals surface area contributed by atoms with Gasteiger partial charge in [-0.15, -0.1) is 11.3 Å². The van der Waals surface area contributed by atoms with E-state index in [4.69, 9.17) is 0 Å². The average molecular weight is 223 g/mol. The van der Waals surface area contributed by atoms with Crippen LogP contribution < -0.4 is 11.0 Å². The third kappa shape index (κ3) is 2.18. The van der Waals surface area contributed by atoms with Gasteiger partial charge in [0.2, 0.25) is 5.95 Å². The maximum Gasteiger partial charge on any atom is 0.352 e. The normalized spacial score (nSPS) is 10.2. The molecule has 0 radical (unpaired) electrons. The quantitative estimate of drug-likeness (QED) is 0.803. The molecule has 2 aromatic rings. The highest BCUT2D eigenvalue weighted by atomic mass is 32.1. The van der Waals surface area contributed by atoms with Crippen LogP contribution in [0, 0.1) is 0 Å². The predicted molar refractivity (Wildman–Crippen MR) is 57.1 cm³/mol. The van der Waals surface area contributed by atoms with Crippen LogP contribution in [0.2, 0.25) is 0 Å². The summed E-state index contributed by atoms with van der Waals surface area (Å²) in [6.45, 7) is 0.466. The average Bonchev–Trinajstić information content (AvgIpc) is 2.74. The Balaban J connectivity index is 2.26. The second kappa shape index (κ2) is 4.18. The van der Waals surface area contributed by atoms with Gasteiger partial charge < -0.3 is 5.32 Å². The number of thiazole rings is 1. The molecule has 6 nitrogen and oxygen atoms in total. The van der Waals surface area contributed by atoms with Crippen molar-refractivity contribution >= 4 is 17.3 Å². The minimum atomic E-state index is -0.317. The number of hydrogen-bond acceptors (Lipinski definition) is 6. The number of aromatic nitrogens is 4. The Bertz CT molecular complexity index is 492. The third-order valence-corrected chi connectivity index (χ3v) is 2.56. The standard InChI is InChI=1S/C8H9N5OS/c1-9-7-11-4-13(8(14)12-7)3-6-2-10-5-15-6/h2,4-5H,3H2,1H3,(H,9,12,14). The van der Waals surface area contributed by atoms with Crippen molar-refractivity contribution in [2.75, 3.05) is 12.4 Å². The van der Waals surface area contributed by atoms with Gasteiger partial charge >= 0.3 is 5.69 Å². The second-order valence-corrected chi connectivity index (χ2v) is 3.78. The van der Waals surface area contributed by atoms with E-state index in [1.165, 1.54) is 22.2 Å². The molecule has 0 aliphatic heterocycles. The van der Waals surface area contributed by atoms with Crippen LogP contribution >= 0.6 is 11.3 Å². The molecule has 15 heavy (non-hydrogen) atoms. The van der Waals surface area contributed by atoms with Crippen LogP contribution in [-0.2, 0) is 6.54 Å². The molecule has 2 rings (SSSR count). The Morgan fingerprint density at radius 3 is 3.07 bits per heavy atom. The van der Waals surface area contributed by atoms with Gasteiger partial charge in [0.15, 0.2) is 0 Å². The lowest BCUT2D eigenvalue weighted by atomic mass is 10.5. The Hall–Kier alpha value is -1.76. The summed E-state index contributed by atoms with van der Waals surface area (Å²) in [6, 6.07) is 0. The maximum absolute atomic E-state index is 11.5. The fourth-order valence-electron chi connectivity index (χ4n) is 1.07. The van der Waals surface area contributed by atoms with Crippen LogP contribution in [0.3, 0.4) is 0 Å². The van der Waals surface area contributed by atoms with Crippen molar-refractivity contribution in [1.29, 1.82) is 0 Å². The van der Waals surface area contributed by atoms with Crippen molar-refractivity contribution in [3.8, 4) is 0 Å². The lowest BCUT2D eigenvalue weighted by molar-refractivity contribution is 0.709. The highest BCUT2D eigenvalue weighted by Crippen LogP contribution is 2.05. The smallest absolute Gasteiger partial charge is 0.352 e. The van der Waals surface area contributed by atoms with Crippen molar-refractivity contribution in [2.45, 2.75) is 6.54 Å². The molecule has 7 heteroatoms. The molecular formula is C8H9N5OS. The molecule has 2 heterocycles. The summed E-state index contributed by atoms with van der Waals surface area (Å²) in [6.07, 6.45) is 3.20. The largest absolute Gasteiger partial charge is 0.357 e. The molecule has 0 atom stereocenters.